The fourth-order valence-electron chi connectivity index (χ4n) is 4.37. The number of carbonyl (C=O) groups is 2. The molecule has 176 valence electrons. The molecule has 1 unspecified atom stereocenters. The van der Waals surface area contributed by atoms with Gasteiger partial charge in [-0.05, 0) is 61.9 Å². The van der Waals surface area contributed by atoms with Gasteiger partial charge in [0.15, 0.2) is 12.4 Å². The van der Waals surface area contributed by atoms with E-state index in [0.717, 1.165) is 35.5 Å². The first-order chi connectivity index (χ1) is 16.9. The molecule has 1 N–H and O–H groups in total. The van der Waals surface area contributed by atoms with Crippen molar-refractivity contribution >= 4 is 39.1 Å². The van der Waals surface area contributed by atoms with Crippen LogP contribution in [-0.4, -0.2) is 23.5 Å². The number of fused-ring (bicyclic) bond motifs is 2. The van der Waals surface area contributed by atoms with Crippen molar-refractivity contribution in [3.05, 3.63) is 69.8 Å². The number of pyridine rings is 1. The average molecular weight is 486 g/mol. The molecule has 35 heavy (non-hydrogen) atoms. The summed E-state index contributed by atoms with van der Waals surface area (Å²) in [6, 6.07) is 14.7. The highest BCUT2D eigenvalue weighted by Gasteiger charge is 2.25. The summed E-state index contributed by atoms with van der Waals surface area (Å²) >= 11 is 1.44. The van der Waals surface area contributed by atoms with E-state index in [1.807, 2.05) is 25.1 Å². The molecule has 5 rings (SSSR count). The summed E-state index contributed by atoms with van der Waals surface area (Å²) in [4.78, 5) is 31.4. The van der Waals surface area contributed by atoms with Gasteiger partial charge in [0.05, 0.1) is 16.6 Å². The van der Waals surface area contributed by atoms with Gasteiger partial charge in [-0.25, -0.2) is 9.78 Å². The second kappa shape index (κ2) is 9.35. The SMILES string of the molecule is Cc1ccc(-c2cc(C(=O)OCC(=O)Nc3sc4c(c3C#N)CCC(C)C4)c3ccccc3n2)o1. The lowest BCUT2D eigenvalue weighted by atomic mass is 9.89. The van der Waals surface area contributed by atoms with E-state index in [4.69, 9.17) is 9.15 Å². The zero-order chi connectivity index (χ0) is 24.5. The highest BCUT2D eigenvalue weighted by atomic mass is 32.1. The molecule has 4 aromatic rings. The van der Waals surface area contributed by atoms with Crippen molar-refractivity contribution < 1.29 is 18.7 Å². The zero-order valence-electron chi connectivity index (χ0n) is 19.4. The third kappa shape index (κ3) is 4.55. The maximum absolute atomic E-state index is 13.0. The van der Waals surface area contributed by atoms with Crippen LogP contribution in [-0.2, 0) is 22.4 Å². The van der Waals surface area contributed by atoms with Crippen LogP contribution in [0.2, 0.25) is 0 Å². The maximum Gasteiger partial charge on any atom is 0.339 e. The summed E-state index contributed by atoms with van der Waals surface area (Å²) in [5.74, 6) is 0.712. The fourth-order valence-corrected chi connectivity index (χ4v) is 5.75. The molecule has 8 heteroatoms. The van der Waals surface area contributed by atoms with Gasteiger partial charge in [-0.15, -0.1) is 11.3 Å². The van der Waals surface area contributed by atoms with Gasteiger partial charge in [-0.3, -0.25) is 4.79 Å². The first-order valence-electron chi connectivity index (χ1n) is 11.4. The third-order valence-corrected chi connectivity index (χ3v) is 7.31. The Bertz CT molecular complexity index is 1490. The number of benzene rings is 1. The summed E-state index contributed by atoms with van der Waals surface area (Å²) in [5, 5.41) is 13.6. The summed E-state index contributed by atoms with van der Waals surface area (Å²) in [6.45, 7) is 3.56. The highest BCUT2D eigenvalue weighted by molar-refractivity contribution is 7.16. The van der Waals surface area contributed by atoms with Gasteiger partial charge in [0.1, 0.15) is 22.5 Å². The Morgan fingerprint density at radius 2 is 2.11 bits per heavy atom. The van der Waals surface area contributed by atoms with Gasteiger partial charge in [0.2, 0.25) is 0 Å². The van der Waals surface area contributed by atoms with Crippen molar-refractivity contribution in [1.29, 1.82) is 5.26 Å². The number of hydrogen-bond donors (Lipinski definition) is 1. The molecule has 1 aromatic carbocycles. The van der Waals surface area contributed by atoms with E-state index >= 15 is 0 Å². The van der Waals surface area contributed by atoms with Crippen LogP contribution in [0.5, 0.6) is 0 Å². The number of rotatable bonds is 5. The van der Waals surface area contributed by atoms with Crippen LogP contribution in [0, 0.1) is 24.2 Å². The number of esters is 1. The number of anilines is 1. The number of aryl methyl sites for hydroxylation is 1. The molecule has 3 aromatic heterocycles. The molecule has 0 fully saturated rings. The Hall–Kier alpha value is -3.96. The topological polar surface area (TPSA) is 105 Å². The van der Waals surface area contributed by atoms with Crippen LogP contribution < -0.4 is 5.32 Å². The molecular formula is C27H23N3O4S. The van der Waals surface area contributed by atoms with Crippen LogP contribution in [0.25, 0.3) is 22.4 Å². The Kier molecular flexibility index (Phi) is 6.10. The summed E-state index contributed by atoms with van der Waals surface area (Å²) < 4.78 is 11.0. The molecule has 1 atom stereocenters. The first-order valence-corrected chi connectivity index (χ1v) is 12.2. The number of nitrogens with one attached hydrogen (secondary N) is 1. The number of furan rings is 1. The van der Waals surface area contributed by atoms with Crippen LogP contribution >= 0.6 is 11.3 Å². The number of aromatic nitrogens is 1. The van der Waals surface area contributed by atoms with Crippen LogP contribution in [0.1, 0.15) is 45.5 Å². The number of ether oxygens (including phenoxy) is 1. The van der Waals surface area contributed by atoms with E-state index < -0.39 is 18.5 Å². The summed E-state index contributed by atoms with van der Waals surface area (Å²) in [6.07, 6.45) is 2.78. The predicted molar refractivity (Wildman–Crippen MR) is 133 cm³/mol. The fraction of sp³-hybridized carbons (Fsp3) is 0.259. The maximum atomic E-state index is 13.0. The number of thiophene rings is 1. The Morgan fingerprint density at radius 1 is 1.29 bits per heavy atom. The van der Waals surface area contributed by atoms with E-state index in [-0.39, 0.29) is 0 Å². The second-order valence-corrected chi connectivity index (χ2v) is 9.88. The largest absolute Gasteiger partial charge is 0.460 e. The quantitative estimate of drug-likeness (QED) is 0.366. The highest BCUT2D eigenvalue weighted by Crippen LogP contribution is 2.39. The minimum Gasteiger partial charge on any atom is -0.460 e. The van der Waals surface area contributed by atoms with Crippen molar-refractivity contribution in [3.63, 3.8) is 0 Å². The molecule has 0 saturated heterocycles. The van der Waals surface area contributed by atoms with E-state index in [2.05, 4.69) is 23.3 Å². The molecule has 0 bridgehead atoms. The molecule has 3 heterocycles. The molecule has 0 saturated carbocycles. The van der Waals surface area contributed by atoms with Crippen LogP contribution in [0.15, 0.2) is 46.9 Å². The minimum absolute atomic E-state index is 0.297. The lowest BCUT2D eigenvalue weighted by Gasteiger charge is -2.17. The van der Waals surface area contributed by atoms with Gasteiger partial charge >= 0.3 is 5.97 Å². The smallest absolute Gasteiger partial charge is 0.339 e. The molecule has 1 aliphatic rings. The zero-order valence-corrected chi connectivity index (χ0v) is 20.2. The normalized spacial score (nSPS) is 14.8. The lowest BCUT2D eigenvalue weighted by Crippen LogP contribution is -2.21. The molecule has 1 amide bonds. The number of hydrogen-bond acceptors (Lipinski definition) is 7. The molecule has 7 nitrogen and oxygen atoms in total. The Labute approximate surface area is 206 Å². The summed E-state index contributed by atoms with van der Waals surface area (Å²) in [7, 11) is 0. The monoisotopic (exact) mass is 485 g/mol. The summed E-state index contributed by atoms with van der Waals surface area (Å²) in [5.41, 5.74) is 2.98. The van der Waals surface area contributed by atoms with Crippen LogP contribution in [0.4, 0.5) is 5.00 Å². The molecule has 1 aliphatic carbocycles. The van der Waals surface area contributed by atoms with Gasteiger partial charge < -0.3 is 14.5 Å². The van der Waals surface area contributed by atoms with E-state index in [1.54, 1.807) is 24.3 Å². The van der Waals surface area contributed by atoms with E-state index in [1.165, 1.54) is 11.3 Å². The van der Waals surface area contributed by atoms with Gasteiger partial charge in [0, 0.05) is 10.3 Å². The standard InChI is InChI=1S/C27H23N3O4S/c1-15-7-9-18-20(13-28)26(35-24(18)11-15)30-25(31)14-33-27(32)19-12-22(23-10-8-16(2)34-23)29-21-6-4-3-5-17(19)21/h3-6,8,10,12,15H,7,9,11,14H2,1-2H3,(H,30,31). The number of carbonyl (C=O) groups excluding carboxylic acids is 2. The second-order valence-electron chi connectivity index (χ2n) is 8.77. The molecule has 0 aliphatic heterocycles. The van der Waals surface area contributed by atoms with Crippen molar-refractivity contribution in [2.24, 2.45) is 5.92 Å². The Morgan fingerprint density at radius 3 is 2.89 bits per heavy atom. The van der Waals surface area contributed by atoms with Gasteiger partial charge in [-0.1, -0.05) is 25.1 Å². The van der Waals surface area contributed by atoms with E-state index in [9.17, 15) is 14.9 Å². The average Bonchev–Trinajstić information content (AvgIpc) is 3.44. The van der Waals surface area contributed by atoms with Crippen molar-refractivity contribution in [3.8, 4) is 17.5 Å². The van der Waals surface area contributed by atoms with E-state index in [0.29, 0.717) is 44.4 Å². The van der Waals surface area contributed by atoms with Gasteiger partial charge in [0.25, 0.3) is 5.91 Å². The van der Waals surface area contributed by atoms with Gasteiger partial charge in [-0.2, -0.15) is 5.26 Å². The number of para-hydroxylation sites is 1. The van der Waals surface area contributed by atoms with Crippen molar-refractivity contribution in [2.45, 2.75) is 33.1 Å². The number of amides is 1. The first kappa shape index (κ1) is 22.8. The molecular weight excluding hydrogens is 462 g/mol. The number of nitriles is 1. The molecule has 0 radical (unpaired) electrons. The number of nitrogens with zero attached hydrogens (tertiary/aromatic N) is 2. The third-order valence-electron chi connectivity index (χ3n) is 6.14. The van der Waals surface area contributed by atoms with Crippen molar-refractivity contribution in [1.82, 2.24) is 4.98 Å². The Balaban J connectivity index is 1.34. The minimum atomic E-state index is -0.636. The predicted octanol–water partition coefficient (Wildman–Crippen LogP) is 5.66. The van der Waals surface area contributed by atoms with Crippen LogP contribution in [0.3, 0.4) is 0 Å². The lowest BCUT2D eigenvalue weighted by molar-refractivity contribution is -0.119. The molecule has 0 spiro atoms. The van der Waals surface area contributed by atoms with Crippen molar-refractivity contribution in [2.75, 3.05) is 11.9 Å².